The molecule has 0 aliphatic carbocycles. The first kappa shape index (κ1) is 19.0. The van der Waals surface area contributed by atoms with Gasteiger partial charge in [-0.25, -0.2) is 0 Å². The number of hydrogen-bond acceptors (Lipinski definition) is 1. The van der Waals surface area contributed by atoms with Crippen LogP contribution in [-0.4, -0.2) is 11.7 Å². The molecule has 0 rings (SSSR count). The Balaban J connectivity index is 3.29. The van der Waals surface area contributed by atoms with Crippen LogP contribution in [0.2, 0.25) is 0 Å². The summed E-state index contributed by atoms with van der Waals surface area (Å²) in [6, 6.07) is 0. The normalized spacial score (nSPS) is 12.8. The van der Waals surface area contributed by atoms with E-state index in [9.17, 15) is 5.11 Å². The van der Waals surface area contributed by atoms with Crippen LogP contribution in [0.1, 0.15) is 104 Å². The van der Waals surface area contributed by atoms with E-state index in [0.717, 1.165) is 0 Å². The van der Waals surface area contributed by atoms with Crippen molar-refractivity contribution in [2.45, 2.75) is 104 Å². The Bertz CT molecular complexity index is 156. The van der Waals surface area contributed by atoms with Crippen LogP contribution in [0.3, 0.4) is 0 Å². The molecule has 0 unspecified atom stereocenters. The number of aliphatic hydroxyl groups excluding tert-OH is 1. The molecule has 0 amide bonds. The molecule has 1 nitrogen and oxygen atoms in total. The highest BCUT2D eigenvalue weighted by Crippen LogP contribution is 2.18. The van der Waals surface area contributed by atoms with E-state index in [0.29, 0.717) is 12.5 Å². The molecular formula is C18H38O. The van der Waals surface area contributed by atoms with Crippen LogP contribution < -0.4 is 0 Å². The molecule has 0 bridgehead atoms. The van der Waals surface area contributed by atoms with Gasteiger partial charge in [0, 0.05) is 6.61 Å². The van der Waals surface area contributed by atoms with E-state index in [-0.39, 0.29) is 0 Å². The van der Waals surface area contributed by atoms with Gasteiger partial charge in [-0.1, -0.05) is 90.9 Å². The number of aliphatic hydroxyl groups is 1. The van der Waals surface area contributed by atoms with Crippen molar-refractivity contribution in [2.24, 2.45) is 5.92 Å². The molecule has 0 saturated heterocycles. The molecule has 0 aromatic heterocycles. The van der Waals surface area contributed by atoms with Crippen molar-refractivity contribution in [3.8, 4) is 0 Å². The molecule has 0 radical (unpaired) electrons. The van der Waals surface area contributed by atoms with E-state index in [2.05, 4.69) is 13.8 Å². The summed E-state index contributed by atoms with van der Waals surface area (Å²) >= 11 is 0. The lowest BCUT2D eigenvalue weighted by molar-refractivity contribution is 0.204. The van der Waals surface area contributed by atoms with Crippen LogP contribution in [-0.2, 0) is 0 Å². The average molecular weight is 271 g/mol. The predicted molar refractivity (Wildman–Crippen MR) is 86.6 cm³/mol. The van der Waals surface area contributed by atoms with E-state index in [1.807, 2.05) is 0 Å². The highest BCUT2D eigenvalue weighted by Gasteiger charge is 2.06. The second-order valence-electron chi connectivity index (χ2n) is 6.16. The van der Waals surface area contributed by atoms with Gasteiger partial charge in [-0.3, -0.25) is 0 Å². The third kappa shape index (κ3) is 14.2. The maximum Gasteiger partial charge on any atom is 0.0459 e. The van der Waals surface area contributed by atoms with Gasteiger partial charge in [-0.2, -0.15) is 0 Å². The van der Waals surface area contributed by atoms with Crippen LogP contribution in [0.15, 0.2) is 0 Å². The van der Waals surface area contributed by atoms with E-state index >= 15 is 0 Å². The zero-order chi connectivity index (χ0) is 14.2. The van der Waals surface area contributed by atoms with Gasteiger partial charge in [0.05, 0.1) is 0 Å². The minimum Gasteiger partial charge on any atom is -0.396 e. The topological polar surface area (TPSA) is 20.2 Å². The molecule has 1 heteroatoms. The lowest BCUT2D eigenvalue weighted by Crippen LogP contribution is -2.06. The molecule has 0 aliphatic heterocycles. The minimum absolute atomic E-state index is 0.406. The Kier molecular flexibility index (Phi) is 16.0. The fraction of sp³-hybridized carbons (Fsp3) is 1.00. The highest BCUT2D eigenvalue weighted by atomic mass is 16.3. The number of unbranched alkanes of at least 4 members (excludes halogenated alkanes) is 10. The maximum absolute atomic E-state index is 9.40. The van der Waals surface area contributed by atoms with Crippen molar-refractivity contribution < 1.29 is 5.11 Å². The number of hydrogen-bond donors (Lipinski definition) is 1. The van der Waals surface area contributed by atoms with Crippen molar-refractivity contribution in [1.82, 2.24) is 0 Å². The molecule has 0 saturated carbocycles. The van der Waals surface area contributed by atoms with Crippen LogP contribution in [0.25, 0.3) is 0 Å². The predicted octanol–water partition coefficient (Wildman–Crippen LogP) is 6.10. The minimum atomic E-state index is 0.406. The Morgan fingerprint density at radius 3 is 1.32 bits per heavy atom. The van der Waals surface area contributed by atoms with Gasteiger partial charge in [0.15, 0.2) is 0 Å². The van der Waals surface area contributed by atoms with Gasteiger partial charge < -0.3 is 5.11 Å². The molecule has 0 aromatic carbocycles. The lowest BCUT2D eigenvalue weighted by Gasteiger charge is -2.13. The summed E-state index contributed by atoms with van der Waals surface area (Å²) in [6.07, 6.45) is 18.9. The third-order valence-corrected chi connectivity index (χ3v) is 4.19. The Labute approximate surface area is 122 Å². The molecule has 0 spiro atoms. The molecule has 0 fully saturated rings. The molecule has 1 N–H and O–H groups in total. The van der Waals surface area contributed by atoms with Crippen LogP contribution >= 0.6 is 0 Å². The van der Waals surface area contributed by atoms with Gasteiger partial charge in [0.1, 0.15) is 0 Å². The van der Waals surface area contributed by atoms with Gasteiger partial charge >= 0.3 is 0 Å². The van der Waals surface area contributed by atoms with Gasteiger partial charge in [-0.15, -0.1) is 0 Å². The summed E-state index contributed by atoms with van der Waals surface area (Å²) in [7, 11) is 0. The SMILES string of the molecule is CCCCCCCCC[C@@H](CO)CCCCCCC. The number of rotatable bonds is 15. The van der Waals surface area contributed by atoms with Gasteiger partial charge in [0.25, 0.3) is 0 Å². The molecule has 0 heterocycles. The van der Waals surface area contributed by atoms with E-state index < -0.39 is 0 Å². The van der Waals surface area contributed by atoms with Crippen molar-refractivity contribution >= 4 is 0 Å². The molecular weight excluding hydrogens is 232 g/mol. The van der Waals surface area contributed by atoms with E-state index in [1.54, 1.807) is 0 Å². The fourth-order valence-electron chi connectivity index (χ4n) is 2.75. The lowest BCUT2D eigenvalue weighted by atomic mass is 9.95. The summed E-state index contributed by atoms with van der Waals surface area (Å²) < 4.78 is 0. The van der Waals surface area contributed by atoms with Crippen molar-refractivity contribution in [3.05, 3.63) is 0 Å². The first-order valence-corrected chi connectivity index (χ1v) is 8.96. The van der Waals surface area contributed by atoms with Gasteiger partial charge in [0.2, 0.25) is 0 Å². The summed E-state index contributed by atoms with van der Waals surface area (Å²) in [5, 5.41) is 9.40. The Morgan fingerprint density at radius 2 is 0.947 bits per heavy atom. The van der Waals surface area contributed by atoms with Crippen LogP contribution in [0.5, 0.6) is 0 Å². The summed E-state index contributed by atoms with van der Waals surface area (Å²) in [6.45, 7) is 4.94. The van der Waals surface area contributed by atoms with Gasteiger partial charge in [-0.05, 0) is 18.8 Å². The Hall–Kier alpha value is -0.0400. The van der Waals surface area contributed by atoms with Crippen molar-refractivity contribution in [1.29, 1.82) is 0 Å². The quantitative estimate of drug-likeness (QED) is 0.357. The smallest absolute Gasteiger partial charge is 0.0459 e. The second-order valence-corrected chi connectivity index (χ2v) is 6.16. The molecule has 0 aliphatic rings. The summed E-state index contributed by atoms with van der Waals surface area (Å²) in [5.74, 6) is 0.581. The summed E-state index contributed by atoms with van der Waals surface area (Å²) in [5.41, 5.74) is 0. The Morgan fingerprint density at radius 1 is 0.579 bits per heavy atom. The second kappa shape index (κ2) is 16.0. The first-order valence-electron chi connectivity index (χ1n) is 8.96. The maximum atomic E-state index is 9.40. The summed E-state index contributed by atoms with van der Waals surface area (Å²) in [4.78, 5) is 0. The third-order valence-electron chi connectivity index (χ3n) is 4.19. The molecule has 19 heavy (non-hydrogen) atoms. The van der Waals surface area contributed by atoms with Crippen molar-refractivity contribution in [2.75, 3.05) is 6.61 Å². The fourth-order valence-corrected chi connectivity index (χ4v) is 2.75. The first-order chi connectivity index (χ1) is 9.35. The van der Waals surface area contributed by atoms with Crippen molar-refractivity contribution in [3.63, 3.8) is 0 Å². The zero-order valence-electron chi connectivity index (χ0n) is 13.6. The molecule has 116 valence electrons. The molecule has 1 atom stereocenters. The average Bonchev–Trinajstić information content (AvgIpc) is 2.44. The van der Waals surface area contributed by atoms with Crippen LogP contribution in [0.4, 0.5) is 0 Å². The highest BCUT2D eigenvalue weighted by molar-refractivity contribution is 4.59. The molecule has 0 aromatic rings. The standard InChI is InChI=1S/C18H38O/c1-3-5-7-9-10-12-14-16-18(17-19)15-13-11-8-6-4-2/h18-19H,3-17H2,1-2H3/t18-/m0/s1. The van der Waals surface area contributed by atoms with E-state index in [4.69, 9.17) is 0 Å². The zero-order valence-corrected chi connectivity index (χ0v) is 13.6. The van der Waals surface area contributed by atoms with Crippen LogP contribution in [0, 0.1) is 5.92 Å². The van der Waals surface area contributed by atoms with E-state index in [1.165, 1.54) is 89.9 Å². The largest absolute Gasteiger partial charge is 0.396 e. The monoisotopic (exact) mass is 270 g/mol.